The molecule has 1 rings (SSSR count). The highest BCUT2D eigenvalue weighted by atomic mass is 16.5. The number of hydrogen-bond acceptors (Lipinski definition) is 3. The summed E-state index contributed by atoms with van der Waals surface area (Å²) in [7, 11) is 1.66. The van der Waals surface area contributed by atoms with Crippen molar-refractivity contribution in [3.8, 4) is 5.75 Å². The van der Waals surface area contributed by atoms with Gasteiger partial charge in [0.15, 0.2) is 0 Å². The smallest absolute Gasteiger partial charge is 0.119 e. The van der Waals surface area contributed by atoms with Crippen LogP contribution < -0.4 is 4.74 Å². The molecule has 14 heavy (non-hydrogen) atoms. The highest BCUT2D eigenvalue weighted by Crippen LogP contribution is 2.13. The van der Waals surface area contributed by atoms with Crippen molar-refractivity contribution in [1.29, 1.82) is 0 Å². The molecule has 0 saturated carbocycles. The average Bonchev–Trinajstić information content (AvgIpc) is 2.16. The van der Waals surface area contributed by atoms with Gasteiger partial charge in [-0.05, 0) is 24.6 Å². The van der Waals surface area contributed by atoms with Gasteiger partial charge < -0.3 is 14.6 Å². The molecule has 3 heteroatoms. The summed E-state index contributed by atoms with van der Waals surface area (Å²) in [5.74, 6) is 0.764. The molecule has 0 saturated heterocycles. The molecule has 1 atom stereocenters. The van der Waals surface area contributed by atoms with E-state index in [0.29, 0.717) is 13.2 Å². The van der Waals surface area contributed by atoms with Gasteiger partial charge in [-0.1, -0.05) is 12.1 Å². The molecule has 1 aromatic carbocycles. The van der Waals surface area contributed by atoms with Crippen LogP contribution in [-0.4, -0.2) is 24.9 Å². The van der Waals surface area contributed by atoms with E-state index in [1.165, 1.54) is 0 Å². The predicted molar refractivity (Wildman–Crippen MR) is 54.3 cm³/mol. The average molecular weight is 196 g/mol. The first-order chi connectivity index (χ1) is 6.72. The predicted octanol–water partition coefficient (Wildman–Crippen LogP) is 1.59. The van der Waals surface area contributed by atoms with Crippen molar-refractivity contribution in [3.63, 3.8) is 0 Å². The number of benzene rings is 1. The Morgan fingerprint density at radius 2 is 2.21 bits per heavy atom. The van der Waals surface area contributed by atoms with Crippen LogP contribution in [-0.2, 0) is 11.3 Å². The van der Waals surface area contributed by atoms with Crippen molar-refractivity contribution in [1.82, 2.24) is 0 Å². The van der Waals surface area contributed by atoms with Gasteiger partial charge in [0.05, 0.1) is 12.7 Å². The van der Waals surface area contributed by atoms with Crippen LogP contribution in [0.25, 0.3) is 0 Å². The summed E-state index contributed by atoms with van der Waals surface area (Å²) < 4.78 is 10.4. The number of hydrogen-bond donors (Lipinski definition) is 1. The SMILES string of the molecule is COCc1cccc(OC[C@H](C)O)c1. The minimum absolute atomic E-state index is 0.316. The van der Waals surface area contributed by atoms with Gasteiger partial charge in [-0.2, -0.15) is 0 Å². The Balaban J connectivity index is 2.54. The molecule has 0 unspecified atom stereocenters. The van der Waals surface area contributed by atoms with Gasteiger partial charge in [0.2, 0.25) is 0 Å². The molecule has 3 nitrogen and oxygen atoms in total. The Morgan fingerprint density at radius 3 is 2.86 bits per heavy atom. The molecule has 0 aliphatic rings. The zero-order valence-electron chi connectivity index (χ0n) is 8.56. The lowest BCUT2D eigenvalue weighted by molar-refractivity contribution is 0.122. The zero-order chi connectivity index (χ0) is 10.4. The van der Waals surface area contributed by atoms with E-state index in [2.05, 4.69) is 0 Å². The molecule has 1 aromatic rings. The van der Waals surface area contributed by atoms with Gasteiger partial charge in [0.25, 0.3) is 0 Å². The number of rotatable bonds is 5. The maximum absolute atomic E-state index is 9.04. The summed E-state index contributed by atoms with van der Waals surface area (Å²) in [6.07, 6.45) is -0.443. The van der Waals surface area contributed by atoms with Crippen molar-refractivity contribution in [2.45, 2.75) is 19.6 Å². The minimum atomic E-state index is -0.443. The summed E-state index contributed by atoms with van der Waals surface area (Å²) in [6.45, 7) is 2.58. The van der Waals surface area contributed by atoms with Crippen molar-refractivity contribution in [2.24, 2.45) is 0 Å². The van der Waals surface area contributed by atoms with Crippen LogP contribution >= 0.6 is 0 Å². The third kappa shape index (κ3) is 3.77. The molecule has 1 N–H and O–H groups in total. The Morgan fingerprint density at radius 1 is 1.43 bits per heavy atom. The molecule has 0 spiro atoms. The second-order valence-corrected chi connectivity index (χ2v) is 3.24. The zero-order valence-corrected chi connectivity index (χ0v) is 8.56. The summed E-state index contributed by atoms with van der Waals surface area (Å²) in [6, 6.07) is 7.65. The third-order valence-corrected chi connectivity index (χ3v) is 1.70. The van der Waals surface area contributed by atoms with Crippen molar-refractivity contribution in [2.75, 3.05) is 13.7 Å². The van der Waals surface area contributed by atoms with Crippen molar-refractivity contribution in [3.05, 3.63) is 29.8 Å². The Labute approximate surface area is 84.3 Å². The quantitative estimate of drug-likeness (QED) is 0.777. The summed E-state index contributed by atoms with van der Waals surface area (Å²) in [5, 5.41) is 9.04. The van der Waals surface area contributed by atoms with E-state index in [1.54, 1.807) is 14.0 Å². The second kappa shape index (κ2) is 5.62. The molecule has 0 amide bonds. The van der Waals surface area contributed by atoms with Crippen LogP contribution in [0.5, 0.6) is 5.75 Å². The van der Waals surface area contributed by atoms with E-state index in [4.69, 9.17) is 14.6 Å². The number of aliphatic hydroxyl groups excluding tert-OH is 1. The molecule has 0 fully saturated rings. The second-order valence-electron chi connectivity index (χ2n) is 3.24. The lowest BCUT2D eigenvalue weighted by Gasteiger charge is -2.09. The molecule has 78 valence electrons. The standard InChI is InChI=1S/C11H16O3/c1-9(12)7-14-11-5-3-4-10(6-11)8-13-2/h3-6,9,12H,7-8H2,1-2H3/t9-/m0/s1. The maximum atomic E-state index is 9.04. The summed E-state index contributed by atoms with van der Waals surface area (Å²) in [5.41, 5.74) is 1.07. The third-order valence-electron chi connectivity index (χ3n) is 1.70. The van der Waals surface area contributed by atoms with Gasteiger partial charge in [-0.3, -0.25) is 0 Å². The van der Waals surface area contributed by atoms with E-state index in [1.807, 2.05) is 24.3 Å². The molecule has 0 aliphatic heterocycles. The summed E-state index contributed by atoms with van der Waals surface area (Å²) >= 11 is 0. The van der Waals surface area contributed by atoms with Gasteiger partial charge in [0.1, 0.15) is 12.4 Å². The van der Waals surface area contributed by atoms with E-state index in [9.17, 15) is 0 Å². The van der Waals surface area contributed by atoms with E-state index in [-0.39, 0.29) is 0 Å². The highest BCUT2D eigenvalue weighted by Gasteiger charge is 1.99. The number of methoxy groups -OCH3 is 1. The fourth-order valence-electron chi connectivity index (χ4n) is 1.11. The van der Waals surface area contributed by atoms with Crippen LogP contribution in [0, 0.1) is 0 Å². The molecule has 0 aliphatic carbocycles. The lowest BCUT2D eigenvalue weighted by atomic mass is 10.2. The maximum Gasteiger partial charge on any atom is 0.119 e. The first-order valence-electron chi connectivity index (χ1n) is 4.61. The van der Waals surface area contributed by atoms with Crippen molar-refractivity contribution < 1.29 is 14.6 Å². The van der Waals surface area contributed by atoms with Crippen LogP contribution in [0.4, 0.5) is 0 Å². The molecule has 0 radical (unpaired) electrons. The largest absolute Gasteiger partial charge is 0.491 e. The Bertz CT molecular complexity index is 271. The number of aliphatic hydroxyl groups is 1. The first-order valence-corrected chi connectivity index (χ1v) is 4.61. The highest BCUT2D eigenvalue weighted by molar-refractivity contribution is 5.28. The Hall–Kier alpha value is -1.06. The molecule has 0 heterocycles. The lowest BCUT2D eigenvalue weighted by Crippen LogP contribution is -2.12. The van der Waals surface area contributed by atoms with Crippen LogP contribution in [0.2, 0.25) is 0 Å². The van der Waals surface area contributed by atoms with Gasteiger partial charge in [0, 0.05) is 7.11 Å². The Kier molecular flexibility index (Phi) is 4.43. The summed E-state index contributed by atoms with van der Waals surface area (Å²) in [4.78, 5) is 0. The molecular weight excluding hydrogens is 180 g/mol. The fraction of sp³-hybridized carbons (Fsp3) is 0.455. The van der Waals surface area contributed by atoms with Crippen molar-refractivity contribution >= 4 is 0 Å². The normalized spacial score (nSPS) is 12.5. The topological polar surface area (TPSA) is 38.7 Å². The van der Waals surface area contributed by atoms with E-state index in [0.717, 1.165) is 11.3 Å². The first kappa shape index (κ1) is 11.0. The molecular formula is C11H16O3. The minimum Gasteiger partial charge on any atom is -0.491 e. The van der Waals surface area contributed by atoms with Crippen LogP contribution in [0.1, 0.15) is 12.5 Å². The van der Waals surface area contributed by atoms with Gasteiger partial charge >= 0.3 is 0 Å². The van der Waals surface area contributed by atoms with Gasteiger partial charge in [-0.15, -0.1) is 0 Å². The molecule has 0 bridgehead atoms. The fourth-order valence-corrected chi connectivity index (χ4v) is 1.11. The van der Waals surface area contributed by atoms with E-state index < -0.39 is 6.10 Å². The monoisotopic (exact) mass is 196 g/mol. The van der Waals surface area contributed by atoms with Crippen LogP contribution in [0.3, 0.4) is 0 Å². The molecule has 0 aromatic heterocycles. The number of ether oxygens (including phenoxy) is 2. The van der Waals surface area contributed by atoms with Gasteiger partial charge in [-0.25, -0.2) is 0 Å². The van der Waals surface area contributed by atoms with Crippen LogP contribution in [0.15, 0.2) is 24.3 Å². The van der Waals surface area contributed by atoms with E-state index >= 15 is 0 Å².